The molecule has 0 saturated carbocycles. The molecule has 0 spiro atoms. The molecule has 1 aromatic rings. The summed E-state index contributed by atoms with van der Waals surface area (Å²) in [7, 11) is 1.30. The van der Waals surface area contributed by atoms with E-state index in [1.807, 2.05) is 13.8 Å². The maximum absolute atomic E-state index is 12.1. The Bertz CT molecular complexity index is 465. The van der Waals surface area contributed by atoms with Gasteiger partial charge in [0.2, 0.25) is 0 Å². The smallest absolute Gasteiger partial charge is 0.328 e. The Morgan fingerprint density at radius 2 is 1.95 bits per heavy atom. The predicted octanol–water partition coefficient (Wildman–Crippen LogP) is 3.08. The van der Waals surface area contributed by atoms with Gasteiger partial charge in [-0.05, 0) is 18.1 Å². The number of ether oxygens (including phenoxy) is 1. The van der Waals surface area contributed by atoms with Crippen LogP contribution in [0.5, 0.6) is 0 Å². The summed E-state index contributed by atoms with van der Waals surface area (Å²) in [5.74, 6) is -0.838. The van der Waals surface area contributed by atoms with Gasteiger partial charge in [0, 0.05) is 0 Å². The zero-order chi connectivity index (χ0) is 14.4. The lowest BCUT2D eigenvalue weighted by Crippen LogP contribution is -2.45. The van der Waals surface area contributed by atoms with Crippen molar-refractivity contribution in [2.45, 2.75) is 26.3 Å². The van der Waals surface area contributed by atoms with Crippen LogP contribution in [-0.2, 0) is 9.53 Å². The fourth-order valence-electron chi connectivity index (χ4n) is 1.66. The summed E-state index contributed by atoms with van der Waals surface area (Å²) in [5, 5.41) is 3.03. The van der Waals surface area contributed by atoms with Gasteiger partial charge in [-0.3, -0.25) is 4.79 Å². The minimum Gasteiger partial charge on any atom is -0.467 e. The number of esters is 1. The first-order valence-electron chi connectivity index (χ1n) is 6.14. The van der Waals surface area contributed by atoms with Crippen molar-refractivity contribution >= 4 is 35.9 Å². The minimum absolute atomic E-state index is 0. The van der Waals surface area contributed by atoms with Crippen LogP contribution in [0.15, 0.2) is 24.3 Å². The number of carbonyl (C=O) groups excluding carboxylic acids is 2. The first kappa shape index (κ1) is 18.7. The van der Waals surface area contributed by atoms with E-state index in [9.17, 15) is 9.59 Å². The maximum atomic E-state index is 12.1. The topological polar surface area (TPSA) is 55.4 Å². The minimum atomic E-state index is -0.668. The molecule has 0 radical (unpaired) electrons. The number of benzene rings is 1. The van der Waals surface area contributed by atoms with E-state index < -0.39 is 12.0 Å². The summed E-state index contributed by atoms with van der Waals surface area (Å²) < 4.78 is 4.72. The first-order chi connectivity index (χ1) is 9.01. The maximum Gasteiger partial charge on any atom is 0.328 e. The molecule has 0 aliphatic rings. The van der Waals surface area contributed by atoms with Crippen molar-refractivity contribution in [1.29, 1.82) is 0 Å². The molecule has 0 bridgehead atoms. The van der Waals surface area contributed by atoms with E-state index >= 15 is 0 Å². The summed E-state index contributed by atoms with van der Waals surface area (Å²) in [6.45, 7) is 3.83. The van der Waals surface area contributed by atoms with Crippen molar-refractivity contribution in [3.8, 4) is 0 Å². The van der Waals surface area contributed by atoms with Gasteiger partial charge in [-0.2, -0.15) is 0 Å². The van der Waals surface area contributed by atoms with Crippen LogP contribution >= 0.6 is 24.0 Å². The molecular weight excluding hydrogens is 301 g/mol. The molecule has 0 saturated heterocycles. The van der Waals surface area contributed by atoms with Crippen LogP contribution in [0.2, 0.25) is 5.02 Å². The van der Waals surface area contributed by atoms with Gasteiger partial charge >= 0.3 is 5.97 Å². The molecule has 1 rings (SSSR count). The van der Waals surface area contributed by atoms with Crippen LogP contribution in [0.1, 0.15) is 30.6 Å². The average molecular weight is 320 g/mol. The van der Waals surface area contributed by atoms with Crippen molar-refractivity contribution in [1.82, 2.24) is 5.32 Å². The molecule has 0 aliphatic heterocycles. The number of hydrogen-bond donors (Lipinski definition) is 1. The van der Waals surface area contributed by atoms with E-state index in [1.165, 1.54) is 7.11 Å². The third-order valence-corrected chi connectivity index (χ3v) is 3.40. The number of nitrogens with one attached hydrogen (secondary N) is 1. The Balaban J connectivity index is 0.00000361. The van der Waals surface area contributed by atoms with Gasteiger partial charge in [0.05, 0.1) is 17.7 Å². The van der Waals surface area contributed by atoms with E-state index in [4.69, 9.17) is 16.3 Å². The van der Waals surface area contributed by atoms with Crippen molar-refractivity contribution in [3.05, 3.63) is 34.9 Å². The van der Waals surface area contributed by atoms with Crippen LogP contribution in [0.3, 0.4) is 0 Å². The van der Waals surface area contributed by atoms with E-state index in [0.717, 1.165) is 6.42 Å². The SMILES string of the molecule is CC[C@H](C)[C@H](NC(=O)c1ccccc1Cl)C(=O)OC.Cl. The van der Waals surface area contributed by atoms with Gasteiger partial charge in [0.25, 0.3) is 5.91 Å². The second-order valence-corrected chi connectivity index (χ2v) is 4.75. The number of rotatable bonds is 5. The predicted molar refractivity (Wildman–Crippen MR) is 81.4 cm³/mol. The summed E-state index contributed by atoms with van der Waals surface area (Å²) in [4.78, 5) is 23.8. The molecule has 4 nitrogen and oxygen atoms in total. The van der Waals surface area contributed by atoms with Crippen LogP contribution in [0, 0.1) is 5.92 Å². The Kier molecular flexibility index (Phi) is 8.26. The Labute approximate surface area is 130 Å². The second-order valence-electron chi connectivity index (χ2n) is 4.34. The standard InChI is InChI=1S/C14H18ClNO3.ClH/c1-4-9(2)12(14(18)19-3)16-13(17)10-7-5-6-8-11(10)15;/h5-9,12H,4H2,1-3H3,(H,16,17);1H/t9-,12-;/m0./s1. The first-order valence-corrected chi connectivity index (χ1v) is 6.52. The Morgan fingerprint density at radius 1 is 1.35 bits per heavy atom. The molecule has 112 valence electrons. The fourth-order valence-corrected chi connectivity index (χ4v) is 1.88. The van der Waals surface area contributed by atoms with E-state index in [1.54, 1.807) is 24.3 Å². The normalized spacial score (nSPS) is 12.8. The lowest BCUT2D eigenvalue weighted by molar-refractivity contribution is -0.144. The molecule has 0 aliphatic carbocycles. The molecule has 0 fully saturated rings. The largest absolute Gasteiger partial charge is 0.467 e. The molecule has 1 aromatic carbocycles. The number of carbonyl (C=O) groups is 2. The number of amides is 1. The molecular formula is C14H19Cl2NO3. The number of hydrogen-bond acceptors (Lipinski definition) is 3. The monoisotopic (exact) mass is 319 g/mol. The highest BCUT2D eigenvalue weighted by Gasteiger charge is 2.27. The zero-order valence-corrected chi connectivity index (χ0v) is 13.3. The van der Waals surface area contributed by atoms with E-state index in [0.29, 0.717) is 10.6 Å². The molecule has 1 amide bonds. The van der Waals surface area contributed by atoms with Crippen molar-refractivity contribution < 1.29 is 14.3 Å². The fraction of sp³-hybridized carbons (Fsp3) is 0.429. The van der Waals surface area contributed by atoms with Crippen molar-refractivity contribution in [3.63, 3.8) is 0 Å². The third kappa shape index (κ3) is 4.69. The van der Waals surface area contributed by atoms with E-state index in [2.05, 4.69) is 5.32 Å². The molecule has 20 heavy (non-hydrogen) atoms. The summed E-state index contributed by atoms with van der Waals surface area (Å²) >= 11 is 5.95. The third-order valence-electron chi connectivity index (χ3n) is 3.07. The molecule has 0 heterocycles. The van der Waals surface area contributed by atoms with Gasteiger partial charge in [-0.25, -0.2) is 4.79 Å². The van der Waals surface area contributed by atoms with Gasteiger partial charge in [0.15, 0.2) is 0 Å². The molecule has 0 aromatic heterocycles. The molecule has 1 N–H and O–H groups in total. The quantitative estimate of drug-likeness (QED) is 0.848. The van der Waals surface area contributed by atoms with Gasteiger partial charge in [-0.1, -0.05) is 44.0 Å². The highest BCUT2D eigenvalue weighted by molar-refractivity contribution is 6.33. The van der Waals surface area contributed by atoms with Gasteiger partial charge in [0.1, 0.15) is 6.04 Å². The average Bonchev–Trinajstić information content (AvgIpc) is 2.43. The molecule has 2 atom stereocenters. The second kappa shape index (κ2) is 8.82. The van der Waals surface area contributed by atoms with Crippen LogP contribution in [-0.4, -0.2) is 25.0 Å². The Morgan fingerprint density at radius 3 is 2.45 bits per heavy atom. The number of halogens is 2. The summed E-state index contributed by atoms with van der Waals surface area (Å²) in [6, 6.07) is 6.04. The highest BCUT2D eigenvalue weighted by atomic mass is 35.5. The molecule has 0 unspecified atom stereocenters. The lowest BCUT2D eigenvalue weighted by Gasteiger charge is -2.22. The highest BCUT2D eigenvalue weighted by Crippen LogP contribution is 2.16. The zero-order valence-electron chi connectivity index (χ0n) is 11.7. The number of methoxy groups -OCH3 is 1. The van der Waals surface area contributed by atoms with Gasteiger partial charge in [-0.15, -0.1) is 12.4 Å². The van der Waals surface area contributed by atoms with Crippen molar-refractivity contribution in [2.24, 2.45) is 5.92 Å². The van der Waals surface area contributed by atoms with E-state index in [-0.39, 0.29) is 24.2 Å². The van der Waals surface area contributed by atoms with Gasteiger partial charge < -0.3 is 10.1 Å². The van der Waals surface area contributed by atoms with Crippen molar-refractivity contribution in [2.75, 3.05) is 7.11 Å². The van der Waals surface area contributed by atoms with Crippen LogP contribution < -0.4 is 5.32 Å². The summed E-state index contributed by atoms with van der Waals surface area (Å²) in [5.41, 5.74) is 0.348. The lowest BCUT2D eigenvalue weighted by atomic mass is 9.99. The molecule has 6 heteroatoms. The van der Waals surface area contributed by atoms with Crippen LogP contribution in [0.4, 0.5) is 0 Å². The summed E-state index contributed by atoms with van der Waals surface area (Å²) in [6.07, 6.45) is 0.753. The Hall–Kier alpha value is -1.26. The van der Waals surface area contributed by atoms with Crippen LogP contribution in [0.25, 0.3) is 0 Å².